The number of amides is 3. The molecule has 1 aliphatic heterocycles. The van der Waals surface area contributed by atoms with Crippen molar-refractivity contribution in [2.24, 2.45) is 0 Å². The summed E-state index contributed by atoms with van der Waals surface area (Å²) >= 11 is 6.40. The number of urea groups is 1. The summed E-state index contributed by atoms with van der Waals surface area (Å²) in [6.07, 6.45) is 3.20. The van der Waals surface area contributed by atoms with Crippen LogP contribution in [0.1, 0.15) is 35.6 Å². The molecule has 1 N–H and O–H groups in total. The van der Waals surface area contributed by atoms with Gasteiger partial charge in [0.05, 0.1) is 19.2 Å². The fourth-order valence-corrected chi connectivity index (χ4v) is 4.70. The van der Waals surface area contributed by atoms with Gasteiger partial charge in [0.2, 0.25) is 0 Å². The van der Waals surface area contributed by atoms with Crippen molar-refractivity contribution < 1.29 is 14.3 Å². The number of fused-ring (bicyclic) bond motifs is 2. The van der Waals surface area contributed by atoms with E-state index in [0.717, 1.165) is 30.2 Å². The highest BCUT2D eigenvalue weighted by Gasteiger charge is 2.49. The highest BCUT2D eigenvalue weighted by Crippen LogP contribution is 2.34. The van der Waals surface area contributed by atoms with E-state index >= 15 is 0 Å². The fourth-order valence-electron chi connectivity index (χ4n) is 4.49. The van der Waals surface area contributed by atoms with Crippen molar-refractivity contribution >= 4 is 34.4 Å². The summed E-state index contributed by atoms with van der Waals surface area (Å²) in [6, 6.07) is 13.0. The van der Waals surface area contributed by atoms with Gasteiger partial charge in [-0.1, -0.05) is 29.8 Å². The third kappa shape index (κ3) is 3.22. The van der Waals surface area contributed by atoms with E-state index in [0.29, 0.717) is 16.8 Å². The van der Waals surface area contributed by atoms with Crippen LogP contribution in [-0.2, 0) is 29.7 Å². The maximum absolute atomic E-state index is 13.4. The summed E-state index contributed by atoms with van der Waals surface area (Å²) in [6.45, 7) is 1.81. The van der Waals surface area contributed by atoms with Gasteiger partial charge in [-0.05, 0) is 61.1 Å². The zero-order valence-electron chi connectivity index (χ0n) is 17.4. The van der Waals surface area contributed by atoms with Crippen molar-refractivity contribution in [1.29, 1.82) is 0 Å². The molecule has 31 heavy (non-hydrogen) atoms. The molecule has 2 aromatic carbocycles. The second-order valence-electron chi connectivity index (χ2n) is 8.28. The Morgan fingerprint density at radius 3 is 2.74 bits per heavy atom. The number of carbonyl (C=O) groups is 2. The molecule has 0 unspecified atom stereocenters. The first-order valence-corrected chi connectivity index (χ1v) is 10.7. The minimum atomic E-state index is -1.10. The first-order chi connectivity index (χ1) is 14.9. The summed E-state index contributed by atoms with van der Waals surface area (Å²) < 4.78 is 5.23. The van der Waals surface area contributed by atoms with Crippen molar-refractivity contribution in [2.45, 2.75) is 38.3 Å². The van der Waals surface area contributed by atoms with E-state index in [4.69, 9.17) is 16.3 Å². The number of nitrogens with zero attached hydrogens (tertiary/aromatic N) is 2. The maximum Gasteiger partial charge on any atom is 0.325 e. The first-order valence-electron chi connectivity index (χ1n) is 10.3. The molecule has 0 bridgehead atoms. The molecule has 158 valence electrons. The van der Waals surface area contributed by atoms with E-state index in [-0.39, 0.29) is 17.6 Å². The minimum absolute atomic E-state index is 0.0546. The largest absolute Gasteiger partial charge is 0.497 e. The predicted octanol–water partition coefficient (Wildman–Crippen LogP) is 4.35. The van der Waals surface area contributed by atoms with Crippen LogP contribution in [0.15, 0.2) is 42.5 Å². The van der Waals surface area contributed by atoms with Gasteiger partial charge < -0.3 is 10.1 Å². The van der Waals surface area contributed by atoms with E-state index in [2.05, 4.69) is 22.4 Å². The van der Waals surface area contributed by atoms with Gasteiger partial charge in [-0.25, -0.2) is 9.78 Å². The molecule has 1 aliphatic carbocycles. The maximum atomic E-state index is 13.4. The molecule has 3 amide bonds. The van der Waals surface area contributed by atoms with E-state index in [9.17, 15) is 9.59 Å². The third-order valence-corrected chi connectivity index (χ3v) is 6.66. The summed E-state index contributed by atoms with van der Waals surface area (Å²) in [5, 5.41) is 4.00. The quantitative estimate of drug-likeness (QED) is 0.488. The van der Waals surface area contributed by atoms with E-state index in [1.807, 2.05) is 24.3 Å². The number of halogens is 1. The lowest BCUT2D eigenvalue weighted by Gasteiger charge is -2.23. The Kier molecular flexibility index (Phi) is 4.63. The molecule has 0 saturated carbocycles. The van der Waals surface area contributed by atoms with Crippen LogP contribution in [0, 0.1) is 0 Å². The number of hydrogen-bond donors (Lipinski definition) is 1. The van der Waals surface area contributed by atoms with Crippen molar-refractivity contribution in [3.63, 3.8) is 0 Å². The molecule has 1 atom stereocenters. The molecule has 0 spiro atoms. The van der Waals surface area contributed by atoms with Crippen molar-refractivity contribution in [3.8, 4) is 5.75 Å². The van der Waals surface area contributed by atoms with Gasteiger partial charge in [-0.3, -0.25) is 9.69 Å². The summed E-state index contributed by atoms with van der Waals surface area (Å²) in [7, 11) is 1.59. The molecule has 1 fully saturated rings. The lowest BCUT2D eigenvalue weighted by molar-refractivity contribution is -0.131. The van der Waals surface area contributed by atoms with E-state index in [1.165, 1.54) is 16.0 Å². The van der Waals surface area contributed by atoms with Gasteiger partial charge in [0.1, 0.15) is 16.4 Å². The monoisotopic (exact) mass is 435 g/mol. The second kappa shape index (κ2) is 7.24. The number of pyridine rings is 1. The van der Waals surface area contributed by atoms with Crippen molar-refractivity contribution in [2.75, 3.05) is 7.11 Å². The summed E-state index contributed by atoms with van der Waals surface area (Å²) in [4.78, 5) is 31.8. The number of nitrogens with one attached hydrogen (secondary N) is 1. The van der Waals surface area contributed by atoms with E-state index < -0.39 is 11.6 Å². The Balaban J connectivity index is 1.45. The normalized spacial score (nSPS) is 20.3. The van der Waals surface area contributed by atoms with Crippen LogP contribution in [0.5, 0.6) is 5.75 Å². The molecule has 6 nitrogen and oxygen atoms in total. The Labute approximate surface area is 185 Å². The highest BCUT2D eigenvalue weighted by molar-refractivity contribution is 6.30. The van der Waals surface area contributed by atoms with Crippen LogP contribution in [-0.4, -0.2) is 28.9 Å². The fraction of sp³-hybridized carbons (Fsp3) is 0.292. The molecule has 5 rings (SSSR count). The van der Waals surface area contributed by atoms with Gasteiger partial charge in [0.25, 0.3) is 5.91 Å². The molecule has 2 aliphatic rings. The SMILES string of the molecule is COc1ccc2cc(CN3C(=O)N[C@@](C)(c4ccc5c(c4)CCC5)C3=O)c(Cl)nc2c1. The number of aryl methyl sites for hydroxylation is 2. The molecular weight excluding hydrogens is 414 g/mol. The topological polar surface area (TPSA) is 71.5 Å². The van der Waals surface area contributed by atoms with Crippen LogP contribution < -0.4 is 10.1 Å². The van der Waals surface area contributed by atoms with Crippen LogP contribution in [0.3, 0.4) is 0 Å². The highest BCUT2D eigenvalue weighted by atomic mass is 35.5. The third-order valence-electron chi connectivity index (χ3n) is 6.33. The number of ether oxygens (including phenoxy) is 1. The molecule has 0 radical (unpaired) electrons. The number of imide groups is 1. The minimum Gasteiger partial charge on any atom is -0.497 e. The standard InChI is InChI=1S/C24H22ClN3O3/c1-24(18-8-6-14-4-3-5-15(14)11-18)22(29)28(23(30)27-24)13-17-10-16-7-9-19(31-2)12-20(16)26-21(17)25/h6-12H,3-5,13H2,1-2H3,(H,27,30)/t24-/m0/s1. The molecule has 3 aromatic rings. The molecule has 1 saturated heterocycles. The lowest BCUT2D eigenvalue weighted by atomic mass is 9.89. The zero-order chi connectivity index (χ0) is 21.8. The molecule has 1 aromatic heterocycles. The van der Waals surface area contributed by atoms with Crippen LogP contribution in [0.25, 0.3) is 10.9 Å². The number of hydrogen-bond acceptors (Lipinski definition) is 4. The van der Waals surface area contributed by atoms with Gasteiger partial charge in [0.15, 0.2) is 0 Å². The average molecular weight is 436 g/mol. The zero-order valence-corrected chi connectivity index (χ0v) is 18.1. The lowest BCUT2D eigenvalue weighted by Crippen LogP contribution is -2.41. The Hall–Kier alpha value is -3.12. The predicted molar refractivity (Wildman–Crippen MR) is 118 cm³/mol. The molecule has 2 heterocycles. The number of rotatable bonds is 4. The Morgan fingerprint density at radius 2 is 1.94 bits per heavy atom. The number of benzene rings is 2. The second-order valence-corrected chi connectivity index (χ2v) is 8.64. The number of aromatic nitrogens is 1. The molecule has 7 heteroatoms. The summed E-state index contributed by atoms with van der Waals surface area (Å²) in [5.74, 6) is 0.393. The van der Waals surface area contributed by atoms with Gasteiger partial charge in [-0.2, -0.15) is 0 Å². The summed E-state index contributed by atoms with van der Waals surface area (Å²) in [5.41, 5.74) is 3.60. The van der Waals surface area contributed by atoms with Crippen LogP contribution in [0.2, 0.25) is 5.15 Å². The Bertz CT molecular complexity index is 1240. The first kappa shape index (κ1) is 19.8. The van der Waals surface area contributed by atoms with Crippen molar-refractivity contribution in [1.82, 2.24) is 15.2 Å². The van der Waals surface area contributed by atoms with Gasteiger partial charge in [0, 0.05) is 17.0 Å². The van der Waals surface area contributed by atoms with Gasteiger partial charge in [-0.15, -0.1) is 0 Å². The van der Waals surface area contributed by atoms with Crippen molar-refractivity contribution in [3.05, 3.63) is 69.9 Å². The van der Waals surface area contributed by atoms with E-state index in [1.54, 1.807) is 20.1 Å². The van der Waals surface area contributed by atoms with Crippen LogP contribution in [0.4, 0.5) is 4.79 Å². The average Bonchev–Trinajstić information content (AvgIpc) is 3.32. The van der Waals surface area contributed by atoms with Gasteiger partial charge >= 0.3 is 6.03 Å². The number of carbonyl (C=O) groups excluding carboxylic acids is 2. The molecular formula is C24H22ClN3O3. The number of methoxy groups -OCH3 is 1. The Morgan fingerprint density at radius 1 is 1.13 bits per heavy atom. The smallest absolute Gasteiger partial charge is 0.325 e. The van der Waals surface area contributed by atoms with Crippen LogP contribution >= 0.6 is 11.6 Å².